The third-order valence-corrected chi connectivity index (χ3v) is 5.51. The van der Waals surface area contributed by atoms with E-state index < -0.39 is 0 Å². The molecule has 0 aliphatic carbocycles. The molecule has 1 aliphatic rings. The van der Waals surface area contributed by atoms with Crippen molar-refractivity contribution in [2.24, 2.45) is 5.92 Å². The maximum Gasteiger partial charge on any atom is 0.247 e. The predicted molar refractivity (Wildman–Crippen MR) is 113 cm³/mol. The highest BCUT2D eigenvalue weighted by atomic mass is 16.5. The number of hydrogen-bond donors (Lipinski definition) is 1. The van der Waals surface area contributed by atoms with Gasteiger partial charge in [-0.15, -0.1) is 0 Å². The molecule has 0 radical (unpaired) electrons. The first-order valence-electron chi connectivity index (χ1n) is 10.2. The lowest BCUT2D eigenvalue weighted by atomic mass is 9.95. The Morgan fingerprint density at radius 3 is 2.94 bits per heavy atom. The van der Waals surface area contributed by atoms with Crippen LogP contribution in [0.4, 0.5) is 5.82 Å². The molecular weight excluding hydrogens is 396 g/mol. The molecule has 4 aromatic heterocycles. The zero-order valence-corrected chi connectivity index (χ0v) is 17.1. The standard InChI is InChI=1S/C22H22N6O3/c1-13-10-25-17-5-4-15(11-28(13)17)18-20(22-24-6-8-31-22)27-21(23)19(26-18)16(29)9-14-3-2-7-30-12-14/h4-6,8,10-11,14H,2-3,7,9,12H2,1H3,(H2,23,27)/t14-/m1/s1. The summed E-state index contributed by atoms with van der Waals surface area (Å²) >= 11 is 0. The second-order valence-electron chi connectivity index (χ2n) is 7.75. The summed E-state index contributed by atoms with van der Waals surface area (Å²) in [6.07, 6.45) is 8.94. The Balaban J connectivity index is 1.60. The van der Waals surface area contributed by atoms with Gasteiger partial charge in [0.15, 0.2) is 17.3 Å². The highest BCUT2D eigenvalue weighted by molar-refractivity contribution is 5.99. The first kappa shape index (κ1) is 19.4. The predicted octanol–water partition coefficient (Wildman–Crippen LogP) is 3.34. The number of carbonyl (C=O) groups excluding carboxylic acids is 1. The molecule has 1 fully saturated rings. The van der Waals surface area contributed by atoms with Crippen molar-refractivity contribution >= 4 is 17.2 Å². The molecule has 0 unspecified atom stereocenters. The van der Waals surface area contributed by atoms with Crippen molar-refractivity contribution in [3.8, 4) is 22.8 Å². The van der Waals surface area contributed by atoms with Gasteiger partial charge in [0.05, 0.1) is 6.20 Å². The molecule has 2 N–H and O–H groups in total. The highest BCUT2D eigenvalue weighted by Crippen LogP contribution is 2.31. The van der Waals surface area contributed by atoms with Gasteiger partial charge in [0, 0.05) is 43.3 Å². The molecule has 0 amide bonds. The molecule has 1 saturated heterocycles. The second kappa shape index (κ2) is 7.92. The van der Waals surface area contributed by atoms with Gasteiger partial charge < -0.3 is 19.3 Å². The van der Waals surface area contributed by atoms with Gasteiger partial charge in [0.2, 0.25) is 5.89 Å². The van der Waals surface area contributed by atoms with Crippen LogP contribution >= 0.6 is 0 Å². The summed E-state index contributed by atoms with van der Waals surface area (Å²) in [7, 11) is 0. The van der Waals surface area contributed by atoms with Crippen LogP contribution < -0.4 is 5.73 Å². The van der Waals surface area contributed by atoms with E-state index in [0.29, 0.717) is 24.4 Å². The van der Waals surface area contributed by atoms with Gasteiger partial charge >= 0.3 is 0 Å². The van der Waals surface area contributed by atoms with Crippen LogP contribution in [0.1, 0.15) is 35.4 Å². The zero-order chi connectivity index (χ0) is 21.4. The summed E-state index contributed by atoms with van der Waals surface area (Å²) < 4.78 is 12.9. The van der Waals surface area contributed by atoms with Crippen molar-refractivity contribution in [1.82, 2.24) is 24.3 Å². The number of aromatic nitrogens is 5. The van der Waals surface area contributed by atoms with Crippen LogP contribution in [0.25, 0.3) is 28.5 Å². The van der Waals surface area contributed by atoms with E-state index in [1.807, 2.05) is 29.7 Å². The Hall–Kier alpha value is -3.59. The van der Waals surface area contributed by atoms with Crippen LogP contribution in [0.2, 0.25) is 0 Å². The lowest BCUT2D eigenvalue weighted by Gasteiger charge is -2.21. The average molecular weight is 418 g/mol. The van der Waals surface area contributed by atoms with Crippen molar-refractivity contribution < 1.29 is 13.9 Å². The van der Waals surface area contributed by atoms with E-state index in [4.69, 9.17) is 14.9 Å². The molecule has 5 heterocycles. The summed E-state index contributed by atoms with van der Waals surface area (Å²) in [6.45, 7) is 3.29. The van der Waals surface area contributed by atoms with Crippen LogP contribution in [0.15, 0.2) is 41.4 Å². The number of carbonyl (C=O) groups is 1. The van der Waals surface area contributed by atoms with E-state index >= 15 is 0 Å². The summed E-state index contributed by atoms with van der Waals surface area (Å²) in [5.41, 5.74) is 9.75. The molecule has 0 aromatic carbocycles. The lowest BCUT2D eigenvalue weighted by Crippen LogP contribution is -2.21. The number of imidazole rings is 1. The Morgan fingerprint density at radius 2 is 2.16 bits per heavy atom. The molecule has 0 bridgehead atoms. The topological polar surface area (TPSA) is 121 Å². The van der Waals surface area contributed by atoms with Gasteiger partial charge in [-0.3, -0.25) is 4.79 Å². The molecule has 5 rings (SSSR count). The Kier molecular flexibility index (Phi) is 4.95. The SMILES string of the molecule is Cc1cnc2ccc(-c3nc(C(=O)C[C@H]4CCCOC4)c(N)nc3-c3ncco3)cn12. The molecule has 1 atom stereocenters. The van der Waals surface area contributed by atoms with Crippen molar-refractivity contribution in [1.29, 1.82) is 0 Å². The van der Waals surface area contributed by atoms with E-state index in [0.717, 1.165) is 36.4 Å². The normalized spacial score (nSPS) is 16.6. The van der Waals surface area contributed by atoms with E-state index in [-0.39, 0.29) is 29.1 Å². The fourth-order valence-corrected chi connectivity index (χ4v) is 3.91. The molecule has 4 aromatic rings. The van der Waals surface area contributed by atoms with Crippen LogP contribution in [-0.4, -0.2) is 43.3 Å². The van der Waals surface area contributed by atoms with E-state index in [9.17, 15) is 4.79 Å². The third kappa shape index (κ3) is 3.68. The number of oxazole rings is 1. The lowest BCUT2D eigenvalue weighted by molar-refractivity contribution is 0.0487. The molecule has 0 saturated carbocycles. The highest BCUT2D eigenvalue weighted by Gasteiger charge is 2.25. The number of aryl methyl sites for hydroxylation is 1. The number of ketones is 1. The van der Waals surface area contributed by atoms with Crippen LogP contribution in [0, 0.1) is 12.8 Å². The number of nitrogens with two attached hydrogens (primary N) is 1. The fraction of sp³-hybridized carbons (Fsp3) is 0.318. The maximum absolute atomic E-state index is 13.0. The molecular formula is C22H22N6O3. The largest absolute Gasteiger partial charge is 0.443 e. The first-order chi connectivity index (χ1) is 15.1. The van der Waals surface area contributed by atoms with Crippen molar-refractivity contribution in [3.63, 3.8) is 0 Å². The fourth-order valence-electron chi connectivity index (χ4n) is 3.91. The quantitative estimate of drug-likeness (QED) is 0.490. The minimum Gasteiger partial charge on any atom is -0.443 e. The van der Waals surface area contributed by atoms with Gasteiger partial charge in [-0.25, -0.2) is 19.9 Å². The first-order valence-corrected chi connectivity index (χ1v) is 10.2. The van der Waals surface area contributed by atoms with Crippen molar-refractivity contribution in [3.05, 3.63) is 48.4 Å². The van der Waals surface area contributed by atoms with E-state index in [1.54, 1.807) is 6.20 Å². The molecule has 9 nitrogen and oxygen atoms in total. The number of anilines is 1. The Labute approximate surface area is 178 Å². The zero-order valence-electron chi connectivity index (χ0n) is 17.1. The number of nitrogen functional groups attached to an aromatic ring is 1. The number of Topliss-reactive ketones (excluding diaryl/α,β-unsaturated/α-hetero) is 1. The minimum absolute atomic E-state index is 0.0681. The summed E-state index contributed by atoms with van der Waals surface area (Å²) in [5, 5.41) is 0. The van der Waals surface area contributed by atoms with Gasteiger partial charge in [-0.2, -0.15) is 0 Å². The molecule has 31 heavy (non-hydrogen) atoms. The number of fused-ring (bicyclic) bond motifs is 1. The Bertz CT molecular complexity index is 1240. The smallest absolute Gasteiger partial charge is 0.247 e. The average Bonchev–Trinajstić information content (AvgIpc) is 3.44. The summed E-state index contributed by atoms with van der Waals surface area (Å²) in [4.78, 5) is 30.8. The van der Waals surface area contributed by atoms with Crippen LogP contribution in [-0.2, 0) is 4.74 Å². The van der Waals surface area contributed by atoms with Crippen LogP contribution in [0.5, 0.6) is 0 Å². The number of nitrogens with zero attached hydrogens (tertiary/aromatic N) is 5. The second-order valence-corrected chi connectivity index (χ2v) is 7.75. The monoisotopic (exact) mass is 418 g/mol. The van der Waals surface area contributed by atoms with Crippen molar-refractivity contribution in [2.45, 2.75) is 26.2 Å². The molecule has 158 valence electrons. The van der Waals surface area contributed by atoms with Crippen molar-refractivity contribution in [2.75, 3.05) is 18.9 Å². The van der Waals surface area contributed by atoms with Crippen LogP contribution in [0.3, 0.4) is 0 Å². The third-order valence-electron chi connectivity index (χ3n) is 5.51. The van der Waals surface area contributed by atoms with E-state index in [1.165, 1.54) is 12.5 Å². The number of ether oxygens (including phenoxy) is 1. The molecule has 0 spiro atoms. The number of rotatable bonds is 5. The number of pyridine rings is 1. The summed E-state index contributed by atoms with van der Waals surface area (Å²) in [6, 6.07) is 3.78. The molecule has 9 heteroatoms. The summed E-state index contributed by atoms with van der Waals surface area (Å²) in [5.74, 6) is 0.387. The van der Waals surface area contributed by atoms with E-state index in [2.05, 4.69) is 19.9 Å². The Morgan fingerprint density at radius 1 is 1.26 bits per heavy atom. The number of hydrogen-bond acceptors (Lipinski definition) is 8. The molecule has 1 aliphatic heterocycles. The minimum atomic E-state index is -0.138. The van der Waals surface area contributed by atoms with Gasteiger partial charge in [0.25, 0.3) is 0 Å². The maximum atomic E-state index is 13.0. The van der Waals surface area contributed by atoms with Gasteiger partial charge in [-0.05, 0) is 37.8 Å². The van der Waals surface area contributed by atoms with Gasteiger partial charge in [0.1, 0.15) is 23.3 Å². The van der Waals surface area contributed by atoms with Gasteiger partial charge in [-0.1, -0.05) is 0 Å².